The molecule has 0 fully saturated rings. The number of hydrogen-bond donors (Lipinski definition) is 0. The Morgan fingerprint density at radius 1 is 0.903 bits per heavy atom. The van der Waals surface area contributed by atoms with Crippen molar-refractivity contribution in [1.29, 1.82) is 0 Å². The third-order valence-corrected chi connectivity index (χ3v) is 6.52. The predicted molar refractivity (Wildman–Crippen MR) is 122 cm³/mol. The van der Waals surface area contributed by atoms with Gasteiger partial charge in [-0.25, -0.2) is 9.59 Å². The van der Waals surface area contributed by atoms with Crippen molar-refractivity contribution in [3.8, 4) is 5.75 Å². The molecule has 0 spiro atoms. The average molecular weight is 433 g/mol. The molecule has 0 aromatic heterocycles. The Morgan fingerprint density at radius 3 is 2.35 bits per heavy atom. The molecule has 158 valence electrons. The maximum atomic E-state index is 12.7. The van der Waals surface area contributed by atoms with Gasteiger partial charge >= 0.3 is 11.9 Å². The third kappa shape index (κ3) is 5.00. The zero-order chi connectivity index (χ0) is 21.8. The van der Waals surface area contributed by atoms with Gasteiger partial charge in [0.05, 0.1) is 11.1 Å². The summed E-state index contributed by atoms with van der Waals surface area (Å²) in [5, 5.41) is 0. The van der Waals surface area contributed by atoms with Gasteiger partial charge < -0.3 is 9.47 Å². The summed E-state index contributed by atoms with van der Waals surface area (Å²) in [6.07, 6.45) is 1.07. The maximum Gasteiger partial charge on any atom is 0.343 e. The largest absolute Gasteiger partial charge is 0.457 e. The van der Waals surface area contributed by atoms with E-state index in [1.165, 1.54) is 10.5 Å². The lowest BCUT2D eigenvalue weighted by molar-refractivity contribution is 0.0472. The first-order chi connectivity index (χ1) is 14.9. The quantitative estimate of drug-likeness (QED) is 0.364. The molecule has 0 radical (unpaired) electrons. The summed E-state index contributed by atoms with van der Waals surface area (Å²) >= 11 is 1.83. The summed E-state index contributed by atoms with van der Waals surface area (Å²) in [7, 11) is 0. The van der Waals surface area contributed by atoms with Crippen LogP contribution < -0.4 is 4.74 Å². The van der Waals surface area contributed by atoms with E-state index >= 15 is 0 Å². The monoisotopic (exact) mass is 432 g/mol. The Morgan fingerprint density at radius 2 is 1.61 bits per heavy atom. The zero-order valence-corrected chi connectivity index (χ0v) is 18.4. The fraction of sp³-hybridized carbons (Fsp3) is 0.231. The minimum atomic E-state index is -0.420. The molecule has 5 heteroatoms. The van der Waals surface area contributed by atoms with E-state index in [9.17, 15) is 9.59 Å². The van der Waals surface area contributed by atoms with Gasteiger partial charge in [-0.1, -0.05) is 44.2 Å². The number of benzene rings is 3. The highest BCUT2D eigenvalue weighted by molar-refractivity contribution is 7.99. The molecule has 0 N–H and O–H groups in total. The molecule has 3 aromatic carbocycles. The second-order valence-electron chi connectivity index (χ2n) is 8.17. The summed E-state index contributed by atoms with van der Waals surface area (Å²) in [5.41, 5.74) is 3.09. The summed E-state index contributed by atoms with van der Waals surface area (Å²) in [5.74, 6) is 0.643. The summed E-state index contributed by atoms with van der Waals surface area (Å²) in [6, 6.07) is 21.7. The summed E-state index contributed by atoms with van der Waals surface area (Å²) in [6.45, 7) is 4.62. The molecule has 31 heavy (non-hydrogen) atoms. The fourth-order valence-corrected chi connectivity index (χ4v) is 4.98. The Hall–Kier alpha value is -3.05. The van der Waals surface area contributed by atoms with Crippen LogP contribution in [0.1, 0.15) is 52.1 Å². The maximum absolute atomic E-state index is 12.7. The Kier molecular flexibility index (Phi) is 6.14. The molecule has 1 aliphatic rings. The number of carbonyl (C=O) groups is 2. The molecule has 1 heterocycles. The molecular weight excluding hydrogens is 408 g/mol. The lowest BCUT2D eigenvalue weighted by Gasteiger charge is -2.32. The van der Waals surface area contributed by atoms with Crippen LogP contribution in [0, 0.1) is 0 Å². The molecule has 0 amide bonds. The van der Waals surface area contributed by atoms with Gasteiger partial charge in [0.1, 0.15) is 12.4 Å². The molecule has 0 saturated heterocycles. The summed E-state index contributed by atoms with van der Waals surface area (Å²) in [4.78, 5) is 26.1. The van der Waals surface area contributed by atoms with E-state index in [4.69, 9.17) is 9.47 Å². The molecule has 4 rings (SSSR count). The van der Waals surface area contributed by atoms with Crippen molar-refractivity contribution in [1.82, 2.24) is 0 Å². The number of esters is 2. The van der Waals surface area contributed by atoms with E-state index in [1.807, 2.05) is 60.3 Å². The molecule has 3 aromatic rings. The van der Waals surface area contributed by atoms with Crippen LogP contribution in [0.15, 0.2) is 77.7 Å². The molecule has 0 bridgehead atoms. The van der Waals surface area contributed by atoms with Crippen LogP contribution in [0.4, 0.5) is 0 Å². The van der Waals surface area contributed by atoms with Gasteiger partial charge in [-0.15, -0.1) is 11.8 Å². The van der Waals surface area contributed by atoms with Crippen LogP contribution in [-0.2, 0) is 16.8 Å². The van der Waals surface area contributed by atoms with Crippen LogP contribution in [0.25, 0.3) is 0 Å². The second-order valence-corrected chi connectivity index (χ2v) is 9.31. The van der Waals surface area contributed by atoms with E-state index in [0.29, 0.717) is 16.9 Å². The normalized spacial score (nSPS) is 14.4. The van der Waals surface area contributed by atoms with Crippen molar-refractivity contribution in [3.05, 3.63) is 95.1 Å². The van der Waals surface area contributed by atoms with Crippen LogP contribution in [0.5, 0.6) is 5.75 Å². The lowest BCUT2D eigenvalue weighted by atomic mass is 9.81. The van der Waals surface area contributed by atoms with Crippen molar-refractivity contribution in [2.75, 3.05) is 5.75 Å². The molecule has 0 aliphatic carbocycles. The Balaban J connectivity index is 1.40. The van der Waals surface area contributed by atoms with E-state index < -0.39 is 11.9 Å². The molecule has 0 saturated carbocycles. The van der Waals surface area contributed by atoms with Gasteiger partial charge in [-0.2, -0.15) is 0 Å². The summed E-state index contributed by atoms with van der Waals surface area (Å²) < 4.78 is 10.9. The first-order valence-corrected chi connectivity index (χ1v) is 11.2. The van der Waals surface area contributed by atoms with E-state index in [1.54, 1.807) is 24.3 Å². The molecule has 4 nitrogen and oxygen atoms in total. The average Bonchev–Trinajstić information content (AvgIpc) is 2.78. The topological polar surface area (TPSA) is 52.6 Å². The van der Waals surface area contributed by atoms with Gasteiger partial charge in [0, 0.05) is 4.90 Å². The first kappa shape index (κ1) is 21.2. The van der Waals surface area contributed by atoms with E-state index in [0.717, 1.165) is 17.7 Å². The third-order valence-electron chi connectivity index (χ3n) is 5.44. The van der Waals surface area contributed by atoms with E-state index in [2.05, 4.69) is 13.8 Å². The molecule has 0 unspecified atom stereocenters. The SMILES string of the molecule is CC1(C)CCSc2ccc(C(=O)Oc3ccc(C(=O)OCc4ccccc4)cc3)cc21. The standard InChI is InChI=1S/C26H24O4S/c1-26(2)14-15-31-23-13-10-20(16-22(23)26)25(28)30-21-11-8-19(9-12-21)24(27)29-17-18-6-4-3-5-7-18/h3-13,16H,14-15,17H2,1-2H3. The van der Waals surface area contributed by atoms with Crippen molar-refractivity contribution in [2.24, 2.45) is 0 Å². The van der Waals surface area contributed by atoms with Crippen LogP contribution >= 0.6 is 11.8 Å². The highest BCUT2D eigenvalue weighted by Crippen LogP contribution is 2.41. The van der Waals surface area contributed by atoms with Gasteiger partial charge in [-0.05, 0) is 71.2 Å². The predicted octanol–water partition coefficient (Wildman–Crippen LogP) is 6.04. The molecule has 0 atom stereocenters. The first-order valence-electron chi connectivity index (χ1n) is 10.2. The number of ether oxygens (including phenoxy) is 2. The van der Waals surface area contributed by atoms with Crippen LogP contribution in [-0.4, -0.2) is 17.7 Å². The molecule has 1 aliphatic heterocycles. The molecular formula is C26H24O4S. The second kappa shape index (κ2) is 8.98. The van der Waals surface area contributed by atoms with Crippen molar-refractivity contribution < 1.29 is 19.1 Å². The highest BCUT2D eigenvalue weighted by atomic mass is 32.2. The number of hydrogen-bond acceptors (Lipinski definition) is 5. The number of carbonyl (C=O) groups excluding carboxylic acids is 2. The number of thioether (sulfide) groups is 1. The number of rotatable bonds is 5. The number of fused-ring (bicyclic) bond motifs is 1. The van der Waals surface area contributed by atoms with Crippen molar-refractivity contribution >= 4 is 23.7 Å². The van der Waals surface area contributed by atoms with E-state index in [-0.39, 0.29) is 12.0 Å². The Labute approximate surface area is 186 Å². The fourth-order valence-electron chi connectivity index (χ4n) is 3.49. The van der Waals surface area contributed by atoms with Crippen molar-refractivity contribution in [3.63, 3.8) is 0 Å². The Bertz CT molecular complexity index is 1090. The van der Waals surface area contributed by atoms with Gasteiger partial charge in [-0.3, -0.25) is 0 Å². The minimum absolute atomic E-state index is 0.0403. The van der Waals surface area contributed by atoms with Crippen LogP contribution in [0.2, 0.25) is 0 Å². The van der Waals surface area contributed by atoms with Gasteiger partial charge in [0.15, 0.2) is 0 Å². The van der Waals surface area contributed by atoms with Gasteiger partial charge in [0.25, 0.3) is 0 Å². The smallest absolute Gasteiger partial charge is 0.343 e. The minimum Gasteiger partial charge on any atom is -0.457 e. The van der Waals surface area contributed by atoms with Gasteiger partial charge in [0.2, 0.25) is 0 Å². The lowest BCUT2D eigenvalue weighted by Crippen LogP contribution is -2.23. The zero-order valence-electron chi connectivity index (χ0n) is 17.6. The highest BCUT2D eigenvalue weighted by Gasteiger charge is 2.28. The van der Waals surface area contributed by atoms with Crippen LogP contribution in [0.3, 0.4) is 0 Å². The van der Waals surface area contributed by atoms with Crippen molar-refractivity contribution in [2.45, 2.75) is 37.2 Å².